The van der Waals surface area contributed by atoms with E-state index in [-0.39, 0.29) is 0 Å². The molecule has 2 aromatic rings. The van der Waals surface area contributed by atoms with Crippen molar-refractivity contribution in [2.75, 3.05) is 13.6 Å². The van der Waals surface area contributed by atoms with Crippen LogP contribution in [0.5, 0.6) is 0 Å². The highest BCUT2D eigenvalue weighted by molar-refractivity contribution is 9.10. The van der Waals surface area contributed by atoms with Crippen molar-refractivity contribution in [3.63, 3.8) is 0 Å². The molecular formula is C11H14BrN3S. The van der Waals surface area contributed by atoms with Crippen LogP contribution in [0.3, 0.4) is 0 Å². The minimum Gasteiger partial charge on any atom is -0.332 e. The number of imidazole rings is 1. The van der Waals surface area contributed by atoms with E-state index in [2.05, 4.69) is 48.4 Å². The van der Waals surface area contributed by atoms with E-state index in [0.29, 0.717) is 0 Å². The lowest BCUT2D eigenvalue weighted by atomic mass is 10.3. The van der Waals surface area contributed by atoms with Crippen LogP contribution in [0.15, 0.2) is 28.4 Å². The minimum atomic E-state index is 0.906. The lowest BCUT2D eigenvalue weighted by Crippen LogP contribution is -2.10. The predicted octanol–water partition coefficient (Wildman–Crippen LogP) is 2.52. The number of rotatable bonds is 5. The van der Waals surface area contributed by atoms with Crippen molar-refractivity contribution >= 4 is 27.3 Å². The molecule has 3 nitrogen and oxygen atoms in total. The summed E-state index contributed by atoms with van der Waals surface area (Å²) in [6.07, 6.45) is 5.00. The van der Waals surface area contributed by atoms with Crippen LogP contribution in [0.2, 0.25) is 0 Å². The molecule has 0 aliphatic rings. The van der Waals surface area contributed by atoms with E-state index in [1.165, 1.54) is 4.88 Å². The zero-order valence-electron chi connectivity index (χ0n) is 9.11. The summed E-state index contributed by atoms with van der Waals surface area (Å²) in [6, 6.07) is 2.15. The van der Waals surface area contributed by atoms with Gasteiger partial charge >= 0.3 is 0 Å². The Morgan fingerprint density at radius 2 is 2.44 bits per heavy atom. The maximum atomic E-state index is 4.37. The molecular weight excluding hydrogens is 286 g/mol. The zero-order chi connectivity index (χ0) is 11.4. The Morgan fingerprint density at radius 3 is 3.12 bits per heavy atom. The Bertz CT molecular complexity index is 450. The van der Waals surface area contributed by atoms with Crippen LogP contribution in [0.1, 0.15) is 10.6 Å². The Labute approximate surface area is 108 Å². The number of hydrogen-bond acceptors (Lipinski definition) is 3. The van der Waals surface area contributed by atoms with Gasteiger partial charge in [-0.2, -0.15) is 0 Å². The molecule has 86 valence electrons. The van der Waals surface area contributed by atoms with Gasteiger partial charge in [-0.15, -0.1) is 11.3 Å². The van der Waals surface area contributed by atoms with Crippen molar-refractivity contribution < 1.29 is 0 Å². The third kappa shape index (κ3) is 3.17. The lowest BCUT2D eigenvalue weighted by molar-refractivity contribution is 0.775. The molecule has 16 heavy (non-hydrogen) atoms. The molecule has 0 radical (unpaired) electrons. The van der Waals surface area contributed by atoms with Crippen molar-refractivity contribution in [3.8, 4) is 0 Å². The fourth-order valence-corrected chi connectivity index (χ4v) is 2.95. The molecule has 0 aliphatic heterocycles. The Hall–Kier alpha value is -0.650. The first-order valence-electron chi connectivity index (χ1n) is 5.16. The number of hydrogen-bond donors (Lipinski definition) is 1. The Kier molecular flexibility index (Phi) is 4.15. The second-order valence-electron chi connectivity index (χ2n) is 3.62. The third-order valence-corrected chi connectivity index (χ3v) is 3.96. The maximum absolute atomic E-state index is 4.37. The molecule has 2 heterocycles. The first-order chi connectivity index (χ1) is 7.78. The zero-order valence-corrected chi connectivity index (χ0v) is 11.5. The standard InChI is InChI=1S/C11H14BrN3S/c1-13-3-2-10-5-15(8-14-10)6-11-4-9(12)7-16-11/h4-5,7-8,13H,2-3,6H2,1H3. The molecule has 5 heteroatoms. The summed E-state index contributed by atoms with van der Waals surface area (Å²) in [5, 5.41) is 5.23. The molecule has 0 spiro atoms. The SMILES string of the molecule is CNCCc1cn(Cc2cc(Br)cs2)cn1. The van der Waals surface area contributed by atoms with Crippen molar-refractivity contribution in [3.05, 3.63) is 39.0 Å². The molecule has 0 saturated heterocycles. The molecule has 0 atom stereocenters. The molecule has 0 aromatic carbocycles. The molecule has 1 N–H and O–H groups in total. The largest absolute Gasteiger partial charge is 0.332 e. The summed E-state index contributed by atoms with van der Waals surface area (Å²) in [6.45, 7) is 1.88. The molecule has 0 bridgehead atoms. The highest BCUT2D eigenvalue weighted by Crippen LogP contribution is 2.20. The molecule has 0 fully saturated rings. The summed E-state index contributed by atoms with van der Waals surface area (Å²) >= 11 is 5.23. The van der Waals surface area contributed by atoms with Gasteiger partial charge in [0.05, 0.1) is 18.6 Å². The first kappa shape index (κ1) is 11.8. The molecule has 2 aromatic heterocycles. The predicted molar refractivity (Wildman–Crippen MR) is 71.0 cm³/mol. The number of nitrogens with zero attached hydrogens (tertiary/aromatic N) is 2. The van der Waals surface area contributed by atoms with Gasteiger partial charge in [0.25, 0.3) is 0 Å². The number of halogens is 1. The topological polar surface area (TPSA) is 29.9 Å². The molecule has 2 rings (SSSR count). The fraction of sp³-hybridized carbons (Fsp3) is 0.364. The lowest BCUT2D eigenvalue weighted by Gasteiger charge is -1.97. The average molecular weight is 300 g/mol. The minimum absolute atomic E-state index is 0.906. The normalized spacial score (nSPS) is 10.9. The van der Waals surface area contributed by atoms with Crippen LogP contribution in [0, 0.1) is 0 Å². The van der Waals surface area contributed by atoms with E-state index in [9.17, 15) is 0 Å². The van der Waals surface area contributed by atoms with Crippen molar-refractivity contribution in [2.24, 2.45) is 0 Å². The van der Waals surface area contributed by atoms with E-state index < -0.39 is 0 Å². The summed E-state index contributed by atoms with van der Waals surface area (Å²) < 4.78 is 3.28. The first-order valence-corrected chi connectivity index (χ1v) is 6.83. The highest BCUT2D eigenvalue weighted by Gasteiger charge is 2.01. The van der Waals surface area contributed by atoms with Crippen LogP contribution < -0.4 is 5.32 Å². The van der Waals surface area contributed by atoms with Crippen LogP contribution in [0.25, 0.3) is 0 Å². The summed E-state index contributed by atoms with van der Waals surface area (Å²) in [4.78, 5) is 5.71. The van der Waals surface area contributed by atoms with Gasteiger partial charge in [0.2, 0.25) is 0 Å². The summed E-state index contributed by atoms with van der Waals surface area (Å²) in [5.74, 6) is 0. The number of aromatic nitrogens is 2. The van der Waals surface area contributed by atoms with E-state index in [4.69, 9.17) is 0 Å². The van der Waals surface area contributed by atoms with Gasteiger partial charge in [0.15, 0.2) is 0 Å². The maximum Gasteiger partial charge on any atom is 0.0952 e. The van der Waals surface area contributed by atoms with Crippen molar-refractivity contribution in [2.45, 2.75) is 13.0 Å². The molecule has 0 amide bonds. The van der Waals surface area contributed by atoms with Crippen LogP contribution in [-0.2, 0) is 13.0 Å². The van der Waals surface area contributed by atoms with Crippen LogP contribution >= 0.6 is 27.3 Å². The van der Waals surface area contributed by atoms with E-state index >= 15 is 0 Å². The fourth-order valence-electron chi connectivity index (χ4n) is 1.49. The van der Waals surface area contributed by atoms with Gasteiger partial charge in [0.1, 0.15) is 0 Å². The monoisotopic (exact) mass is 299 g/mol. The van der Waals surface area contributed by atoms with E-state index in [1.54, 1.807) is 11.3 Å². The second-order valence-corrected chi connectivity index (χ2v) is 5.53. The van der Waals surface area contributed by atoms with Gasteiger partial charge < -0.3 is 9.88 Å². The van der Waals surface area contributed by atoms with E-state index in [1.807, 2.05) is 13.4 Å². The number of nitrogens with one attached hydrogen (secondary N) is 1. The van der Waals surface area contributed by atoms with Gasteiger partial charge in [0, 0.05) is 33.9 Å². The smallest absolute Gasteiger partial charge is 0.0952 e. The summed E-state index contributed by atoms with van der Waals surface area (Å²) in [5.41, 5.74) is 1.14. The van der Waals surface area contributed by atoms with Gasteiger partial charge in [-0.3, -0.25) is 0 Å². The molecule has 0 unspecified atom stereocenters. The number of likely N-dealkylation sites (N-methyl/N-ethyl adjacent to an activating group) is 1. The van der Waals surface area contributed by atoms with Crippen molar-refractivity contribution in [1.29, 1.82) is 0 Å². The van der Waals surface area contributed by atoms with Gasteiger partial charge in [-0.1, -0.05) is 0 Å². The van der Waals surface area contributed by atoms with Gasteiger partial charge in [-0.05, 0) is 29.0 Å². The molecule has 0 aliphatic carbocycles. The van der Waals surface area contributed by atoms with Crippen LogP contribution in [-0.4, -0.2) is 23.1 Å². The Balaban J connectivity index is 1.97. The molecule has 0 saturated carbocycles. The highest BCUT2D eigenvalue weighted by atomic mass is 79.9. The average Bonchev–Trinajstić information content (AvgIpc) is 2.86. The Morgan fingerprint density at radius 1 is 1.56 bits per heavy atom. The van der Waals surface area contributed by atoms with Gasteiger partial charge in [-0.25, -0.2) is 4.98 Å². The second kappa shape index (κ2) is 5.61. The summed E-state index contributed by atoms with van der Waals surface area (Å²) in [7, 11) is 1.96. The third-order valence-electron chi connectivity index (χ3n) is 2.28. The van der Waals surface area contributed by atoms with Crippen molar-refractivity contribution in [1.82, 2.24) is 14.9 Å². The quantitative estimate of drug-likeness (QED) is 0.919. The van der Waals surface area contributed by atoms with E-state index in [0.717, 1.165) is 29.7 Å². The number of thiophene rings is 1. The van der Waals surface area contributed by atoms with Crippen LogP contribution in [0.4, 0.5) is 0 Å².